The molecule has 0 saturated heterocycles. The van der Waals surface area contributed by atoms with E-state index in [2.05, 4.69) is 20.3 Å². The van der Waals surface area contributed by atoms with Crippen molar-refractivity contribution in [3.63, 3.8) is 0 Å². The van der Waals surface area contributed by atoms with E-state index < -0.39 is 15.6 Å². The van der Waals surface area contributed by atoms with Gasteiger partial charge in [0, 0.05) is 33.6 Å². The van der Waals surface area contributed by atoms with E-state index >= 15 is 0 Å². The maximum absolute atomic E-state index is 12.8. The molecule has 0 atom stereocenters. The SMILES string of the molecule is Cc1ccc(-c2nnc(Nc3ccc(OC(F)(F)Cl)cc3)c3ccccc23)cc1S(N)(=O)=O. The zero-order valence-electron chi connectivity index (χ0n) is 17.1. The number of nitrogens with two attached hydrogens (primary N) is 1. The van der Waals surface area contributed by atoms with Crippen LogP contribution in [-0.4, -0.2) is 24.2 Å². The molecule has 7 nitrogen and oxygen atoms in total. The predicted molar refractivity (Wildman–Crippen MR) is 122 cm³/mol. The lowest BCUT2D eigenvalue weighted by molar-refractivity contribution is -0.0964. The van der Waals surface area contributed by atoms with E-state index in [0.29, 0.717) is 33.7 Å². The number of anilines is 2. The van der Waals surface area contributed by atoms with Gasteiger partial charge in [-0.3, -0.25) is 0 Å². The summed E-state index contributed by atoms with van der Waals surface area (Å²) >= 11 is 4.78. The molecule has 11 heteroatoms. The molecule has 0 aliphatic rings. The minimum Gasteiger partial charge on any atom is -0.420 e. The molecule has 1 aromatic heterocycles. The van der Waals surface area contributed by atoms with Gasteiger partial charge in [-0.05, 0) is 42.8 Å². The van der Waals surface area contributed by atoms with Crippen molar-refractivity contribution < 1.29 is 21.9 Å². The number of ether oxygens (including phenoxy) is 1. The van der Waals surface area contributed by atoms with Gasteiger partial charge in [0.2, 0.25) is 10.0 Å². The average molecular weight is 491 g/mol. The summed E-state index contributed by atoms with van der Waals surface area (Å²) in [5.41, 5.74) is -1.70. The van der Waals surface area contributed by atoms with Crippen LogP contribution in [0.3, 0.4) is 0 Å². The largest absolute Gasteiger partial charge is 0.487 e. The number of aromatic nitrogens is 2. The van der Waals surface area contributed by atoms with Gasteiger partial charge in [-0.15, -0.1) is 19.0 Å². The van der Waals surface area contributed by atoms with E-state index in [9.17, 15) is 17.2 Å². The summed E-state index contributed by atoms with van der Waals surface area (Å²) < 4.78 is 53.8. The third-order valence-corrected chi connectivity index (χ3v) is 5.94. The number of primary sulfonamides is 1. The Balaban J connectivity index is 1.72. The number of hydrogen-bond donors (Lipinski definition) is 2. The molecule has 0 aliphatic heterocycles. The maximum atomic E-state index is 12.8. The Kier molecular flexibility index (Phi) is 5.91. The van der Waals surface area contributed by atoms with Gasteiger partial charge in [0.1, 0.15) is 11.4 Å². The van der Waals surface area contributed by atoms with E-state index in [1.54, 1.807) is 19.1 Å². The second-order valence-corrected chi connectivity index (χ2v) is 9.14. The third kappa shape index (κ3) is 5.19. The molecule has 33 heavy (non-hydrogen) atoms. The summed E-state index contributed by atoms with van der Waals surface area (Å²) in [7, 11) is -3.91. The van der Waals surface area contributed by atoms with Crippen molar-refractivity contribution in [1.82, 2.24) is 10.2 Å². The molecular weight excluding hydrogens is 474 g/mol. The van der Waals surface area contributed by atoms with Crippen molar-refractivity contribution in [2.45, 2.75) is 17.4 Å². The standard InChI is InChI=1S/C22H17ClF2N4O3S/c1-13-6-7-14(12-19(13)33(26,30)31)20-17-4-2-3-5-18(17)21(29-28-20)27-15-8-10-16(11-9-15)32-22(23,24)25/h2-12H,1H3,(H,27,29)(H2,26,30,31). The van der Waals surface area contributed by atoms with Gasteiger partial charge in [-0.1, -0.05) is 36.4 Å². The topological polar surface area (TPSA) is 107 Å². The van der Waals surface area contributed by atoms with Gasteiger partial charge in [0.15, 0.2) is 5.82 Å². The van der Waals surface area contributed by atoms with Gasteiger partial charge in [-0.2, -0.15) is 0 Å². The van der Waals surface area contributed by atoms with Crippen LogP contribution in [-0.2, 0) is 10.0 Å². The fourth-order valence-electron chi connectivity index (χ4n) is 3.34. The van der Waals surface area contributed by atoms with Gasteiger partial charge in [-0.25, -0.2) is 13.6 Å². The zero-order valence-corrected chi connectivity index (χ0v) is 18.7. The third-order valence-electron chi connectivity index (χ3n) is 4.81. The smallest absolute Gasteiger partial charge is 0.420 e. The first-order valence-electron chi connectivity index (χ1n) is 9.53. The molecule has 170 valence electrons. The van der Waals surface area contributed by atoms with Crippen LogP contribution in [0.4, 0.5) is 20.3 Å². The van der Waals surface area contributed by atoms with Crippen molar-refractivity contribution >= 4 is 43.9 Å². The fourth-order valence-corrected chi connectivity index (χ4v) is 4.24. The quantitative estimate of drug-likeness (QED) is 0.361. The molecule has 3 N–H and O–H groups in total. The Morgan fingerprint density at radius 3 is 2.30 bits per heavy atom. The highest BCUT2D eigenvalue weighted by molar-refractivity contribution is 7.89. The number of alkyl halides is 3. The molecule has 0 spiro atoms. The molecule has 4 rings (SSSR count). The van der Waals surface area contributed by atoms with E-state index in [1.807, 2.05) is 24.3 Å². The normalized spacial score (nSPS) is 12.0. The Hall–Kier alpha value is -3.34. The Morgan fingerprint density at radius 2 is 1.67 bits per heavy atom. The van der Waals surface area contributed by atoms with E-state index in [0.717, 1.165) is 5.39 Å². The number of nitrogens with zero attached hydrogens (tertiary/aromatic N) is 2. The molecule has 0 bridgehead atoms. The van der Waals surface area contributed by atoms with Crippen LogP contribution >= 0.6 is 11.6 Å². The molecular formula is C22H17ClF2N4O3S. The lowest BCUT2D eigenvalue weighted by atomic mass is 10.0. The van der Waals surface area contributed by atoms with Crippen molar-refractivity contribution in [3.8, 4) is 17.0 Å². The summed E-state index contributed by atoms with van der Waals surface area (Å²) in [5, 5.41) is 18.4. The molecule has 0 unspecified atom stereocenters. The maximum Gasteiger partial charge on any atom is 0.487 e. The zero-order chi connectivity index (χ0) is 23.8. The summed E-state index contributed by atoms with van der Waals surface area (Å²) in [5.74, 6) is 0.321. The molecule has 1 heterocycles. The molecule has 3 aromatic carbocycles. The van der Waals surface area contributed by atoms with Crippen LogP contribution < -0.4 is 15.2 Å². The number of nitrogens with one attached hydrogen (secondary N) is 1. The minimum absolute atomic E-state index is 0.0120. The van der Waals surface area contributed by atoms with Gasteiger partial charge < -0.3 is 10.1 Å². The summed E-state index contributed by atoms with van der Waals surface area (Å²) in [6.45, 7) is 1.66. The van der Waals surface area contributed by atoms with Crippen LogP contribution in [0.15, 0.2) is 71.6 Å². The average Bonchev–Trinajstić information content (AvgIpc) is 2.74. The fraction of sp³-hybridized carbons (Fsp3) is 0.0909. The highest BCUT2D eigenvalue weighted by Crippen LogP contribution is 2.33. The van der Waals surface area contributed by atoms with Crippen molar-refractivity contribution in [1.29, 1.82) is 0 Å². The van der Waals surface area contributed by atoms with Gasteiger partial charge in [0.25, 0.3) is 0 Å². The second-order valence-electron chi connectivity index (χ2n) is 7.17. The van der Waals surface area contributed by atoms with Gasteiger partial charge in [0.05, 0.1) is 4.90 Å². The van der Waals surface area contributed by atoms with Crippen molar-refractivity contribution in [2.75, 3.05) is 5.32 Å². The lowest BCUT2D eigenvalue weighted by Gasteiger charge is -2.13. The van der Waals surface area contributed by atoms with E-state index in [-0.39, 0.29) is 10.6 Å². The number of sulfonamides is 1. The Labute approximate surface area is 193 Å². The highest BCUT2D eigenvalue weighted by atomic mass is 35.5. The number of fused-ring (bicyclic) bond motifs is 1. The molecule has 0 aliphatic carbocycles. The number of aryl methyl sites for hydroxylation is 1. The molecule has 4 aromatic rings. The second kappa shape index (κ2) is 8.54. The van der Waals surface area contributed by atoms with E-state index in [1.165, 1.54) is 30.3 Å². The van der Waals surface area contributed by atoms with E-state index in [4.69, 9.17) is 16.7 Å². The molecule has 0 amide bonds. The molecule has 0 fully saturated rings. The first-order valence-corrected chi connectivity index (χ1v) is 11.5. The van der Waals surface area contributed by atoms with Crippen LogP contribution in [0, 0.1) is 6.92 Å². The van der Waals surface area contributed by atoms with Gasteiger partial charge >= 0.3 is 5.57 Å². The molecule has 0 saturated carbocycles. The number of rotatable bonds is 6. The lowest BCUT2D eigenvalue weighted by Crippen LogP contribution is -2.15. The van der Waals surface area contributed by atoms with Crippen LogP contribution in [0.25, 0.3) is 22.0 Å². The van der Waals surface area contributed by atoms with Crippen LogP contribution in [0.2, 0.25) is 0 Å². The van der Waals surface area contributed by atoms with Crippen LogP contribution in [0.5, 0.6) is 5.75 Å². The van der Waals surface area contributed by atoms with Crippen molar-refractivity contribution in [2.24, 2.45) is 5.14 Å². The summed E-state index contributed by atoms with van der Waals surface area (Å²) in [6.07, 6.45) is 0. The first-order chi connectivity index (χ1) is 15.5. The first kappa shape index (κ1) is 22.8. The van der Waals surface area contributed by atoms with Crippen LogP contribution in [0.1, 0.15) is 5.56 Å². The Bertz CT molecular complexity index is 1440. The summed E-state index contributed by atoms with van der Waals surface area (Å²) in [4.78, 5) is 0.0120. The number of benzene rings is 3. The van der Waals surface area contributed by atoms with Crippen molar-refractivity contribution in [3.05, 3.63) is 72.3 Å². The Morgan fingerprint density at radius 1 is 1.00 bits per heavy atom. The minimum atomic E-state index is -3.91. The number of hydrogen-bond acceptors (Lipinski definition) is 6. The monoisotopic (exact) mass is 490 g/mol. The highest BCUT2D eigenvalue weighted by Gasteiger charge is 2.27. The predicted octanol–water partition coefficient (Wildman–Crippen LogP) is 5.16. The molecule has 0 radical (unpaired) electrons. The number of halogens is 3. The summed E-state index contributed by atoms with van der Waals surface area (Å²) in [6, 6.07) is 17.9.